The van der Waals surface area contributed by atoms with E-state index in [-0.39, 0.29) is 0 Å². The maximum Gasteiger partial charge on any atom is 0.227 e. The molecule has 78 valence electrons. The zero-order valence-corrected chi connectivity index (χ0v) is 10.0. The Kier molecular flexibility index (Phi) is 3.09. The Hall–Kier alpha value is -0.840. The Labute approximate surface area is 100 Å². The van der Waals surface area contributed by atoms with Crippen LogP contribution in [-0.4, -0.2) is 4.98 Å². The molecule has 2 rings (SSSR count). The molecule has 0 radical (unpaired) electrons. The number of oxazole rings is 1. The summed E-state index contributed by atoms with van der Waals surface area (Å²) >= 11 is 9.44. The lowest BCUT2D eigenvalue weighted by molar-refractivity contribution is 0.572. The standard InChI is InChI=1S/C10H8BrClN2O/c11-8-3-1-2-7(9(8)12)10-14-6(4-13)5-15-10/h1-3,5H,4,13H2. The first-order valence-electron chi connectivity index (χ1n) is 4.31. The zero-order valence-electron chi connectivity index (χ0n) is 7.71. The van der Waals surface area contributed by atoms with Crippen molar-refractivity contribution in [2.75, 3.05) is 0 Å². The summed E-state index contributed by atoms with van der Waals surface area (Å²) in [7, 11) is 0. The summed E-state index contributed by atoms with van der Waals surface area (Å²) in [6.45, 7) is 0.356. The van der Waals surface area contributed by atoms with Crippen LogP contribution < -0.4 is 5.73 Å². The molecular formula is C10H8BrClN2O. The van der Waals surface area contributed by atoms with Crippen molar-refractivity contribution in [2.45, 2.75) is 6.54 Å². The van der Waals surface area contributed by atoms with Gasteiger partial charge in [-0.2, -0.15) is 0 Å². The highest BCUT2D eigenvalue weighted by molar-refractivity contribution is 9.10. The van der Waals surface area contributed by atoms with E-state index in [0.717, 1.165) is 10.0 Å². The van der Waals surface area contributed by atoms with Crippen LogP contribution in [0.2, 0.25) is 5.02 Å². The van der Waals surface area contributed by atoms with Crippen LogP contribution in [0, 0.1) is 0 Å². The molecule has 0 aliphatic carbocycles. The van der Waals surface area contributed by atoms with E-state index in [4.69, 9.17) is 21.8 Å². The van der Waals surface area contributed by atoms with Gasteiger partial charge in [0.1, 0.15) is 6.26 Å². The molecule has 0 saturated carbocycles. The molecule has 1 aromatic heterocycles. The van der Waals surface area contributed by atoms with Gasteiger partial charge in [0.2, 0.25) is 5.89 Å². The second-order valence-corrected chi connectivity index (χ2v) is 4.18. The molecule has 5 heteroatoms. The number of benzene rings is 1. The van der Waals surface area contributed by atoms with Crippen LogP contribution in [0.25, 0.3) is 11.5 Å². The van der Waals surface area contributed by atoms with E-state index in [1.165, 1.54) is 6.26 Å². The normalized spacial score (nSPS) is 10.6. The Bertz CT molecular complexity index is 484. The van der Waals surface area contributed by atoms with E-state index in [1.54, 1.807) is 0 Å². The molecule has 0 aliphatic heterocycles. The minimum atomic E-state index is 0.356. The van der Waals surface area contributed by atoms with E-state index in [0.29, 0.717) is 23.2 Å². The average Bonchev–Trinajstić information content (AvgIpc) is 2.70. The molecule has 0 saturated heterocycles. The van der Waals surface area contributed by atoms with Gasteiger partial charge in [0.05, 0.1) is 16.3 Å². The lowest BCUT2D eigenvalue weighted by Gasteiger charge is -2.00. The third-order valence-corrected chi connectivity index (χ3v) is 3.24. The van der Waals surface area contributed by atoms with Crippen molar-refractivity contribution in [1.82, 2.24) is 4.98 Å². The monoisotopic (exact) mass is 286 g/mol. The predicted molar refractivity (Wildman–Crippen MR) is 62.5 cm³/mol. The summed E-state index contributed by atoms with van der Waals surface area (Å²) < 4.78 is 6.10. The molecule has 0 amide bonds. The van der Waals surface area contributed by atoms with E-state index >= 15 is 0 Å². The molecule has 0 aliphatic rings. The summed E-state index contributed by atoms with van der Waals surface area (Å²) in [4.78, 5) is 4.20. The number of hydrogen-bond acceptors (Lipinski definition) is 3. The van der Waals surface area contributed by atoms with Crippen molar-refractivity contribution >= 4 is 27.5 Å². The smallest absolute Gasteiger partial charge is 0.227 e. The number of rotatable bonds is 2. The summed E-state index contributed by atoms with van der Waals surface area (Å²) in [6.07, 6.45) is 1.53. The van der Waals surface area contributed by atoms with Gasteiger partial charge in [-0.3, -0.25) is 0 Å². The largest absolute Gasteiger partial charge is 0.444 e. The van der Waals surface area contributed by atoms with E-state index in [2.05, 4.69) is 20.9 Å². The number of nitrogens with zero attached hydrogens (tertiary/aromatic N) is 1. The highest BCUT2D eigenvalue weighted by Crippen LogP contribution is 2.32. The Balaban J connectivity index is 2.49. The maximum atomic E-state index is 6.10. The quantitative estimate of drug-likeness (QED) is 0.922. The summed E-state index contributed by atoms with van der Waals surface area (Å²) in [5.41, 5.74) is 6.91. The van der Waals surface area contributed by atoms with Gasteiger partial charge in [0, 0.05) is 11.0 Å². The fraction of sp³-hybridized carbons (Fsp3) is 0.100. The molecule has 1 aromatic carbocycles. The second-order valence-electron chi connectivity index (χ2n) is 2.95. The van der Waals surface area contributed by atoms with Gasteiger partial charge >= 0.3 is 0 Å². The third-order valence-electron chi connectivity index (χ3n) is 1.94. The van der Waals surface area contributed by atoms with E-state index in [1.807, 2.05) is 18.2 Å². The van der Waals surface area contributed by atoms with Crippen LogP contribution in [0.3, 0.4) is 0 Å². The highest BCUT2D eigenvalue weighted by Gasteiger charge is 2.11. The Morgan fingerprint density at radius 3 is 2.93 bits per heavy atom. The molecular weight excluding hydrogens is 279 g/mol. The van der Waals surface area contributed by atoms with Gasteiger partial charge in [-0.1, -0.05) is 17.7 Å². The number of aromatic nitrogens is 1. The second kappa shape index (κ2) is 4.35. The van der Waals surface area contributed by atoms with Gasteiger partial charge in [-0.25, -0.2) is 4.98 Å². The molecule has 0 fully saturated rings. The predicted octanol–water partition coefficient (Wildman–Crippen LogP) is 3.22. The Morgan fingerprint density at radius 2 is 2.27 bits per heavy atom. The first-order valence-corrected chi connectivity index (χ1v) is 5.48. The molecule has 15 heavy (non-hydrogen) atoms. The van der Waals surface area contributed by atoms with Crippen LogP contribution in [0.5, 0.6) is 0 Å². The maximum absolute atomic E-state index is 6.10. The average molecular weight is 288 g/mol. The van der Waals surface area contributed by atoms with Gasteiger partial charge in [0.25, 0.3) is 0 Å². The number of nitrogens with two attached hydrogens (primary N) is 1. The lowest BCUT2D eigenvalue weighted by atomic mass is 10.2. The van der Waals surface area contributed by atoms with Crippen molar-refractivity contribution in [3.8, 4) is 11.5 Å². The SMILES string of the molecule is NCc1coc(-c2cccc(Br)c2Cl)n1. The van der Waals surface area contributed by atoms with Crippen molar-refractivity contribution in [3.63, 3.8) is 0 Å². The Morgan fingerprint density at radius 1 is 1.47 bits per heavy atom. The number of hydrogen-bond donors (Lipinski definition) is 1. The van der Waals surface area contributed by atoms with E-state index in [9.17, 15) is 0 Å². The topological polar surface area (TPSA) is 52.0 Å². The van der Waals surface area contributed by atoms with Crippen molar-refractivity contribution < 1.29 is 4.42 Å². The molecule has 0 atom stereocenters. The van der Waals surface area contributed by atoms with Crippen LogP contribution in [-0.2, 0) is 6.54 Å². The first-order chi connectivity index (χ1) is 7.22. The number of halogens is 2. The van der Waals surface area contributed by atoms with Gasteiger partial charge < -0.3 is 10.2 Å². The fourth-order valence-corrected chi connectivity index (χ4v) is 1.77. The van der Waals surface area contributed by atoms with Crippen LogP contribution in [0.4, 0.5) is 0 Å². The summed E-state index contributed by atoms with van der Waals surface area (Å²) in [5.74, 6) is 0.488. The van der Waals surface area contributed by atoms with Crippen molar-refractivity contribution in [1.29, 1.82) is 0 Å². The molecule has 1 heterocycles. The fourth-order valence-electron chi connectivity index (χ4n) is 1.19. The van der Waals surface area contributed by atoms with Crippen molar-refractivity contribution in [3.05, 3.63) is 39.7 Å². The van der Waals surface area contributed by atoms with Gasteiger partial charge in [-0.15, -0.1) is 0 Å². The van der Waals surface area contributed by atoms with Crippen LogP contribution >= 0.6 is 27.5 Å². The molecule has 2 aromatic rings. The van der Waals surface area contributed by atoms with Crippen LogP contribution in [0.15, 0.2) is 33.4 Å². The first kappa shape index (κ1) is 10.7. The minimum Gasteiger partial charge on any atom is -0.444 e. The van der Waals surface area contributed by atoms with E-state index < -0.39 is 0 Å². The molecule has 0 spiro atoms. The zero-order chi connectivity index (χ0) is 10.8. The molecule has 2 N–H and O–H groups in total. The van der Waals surface area contributed by atoms with Gasteiger partial charge in [0.15, 0.2) is 0 Å². The minimum absolute atomic E-state index is 0.356. The summed E-state index contributed by atoms with van der Waals surface area (Å²) in [6, 6.07) is 5.58. The molecule has 0 unspecified atom stereocenters. The van der Waals surface area contributed by atoms with Crippen molar-refractivity contribution in [2.24, 2.45) is 5.73 Å². The lowest BCUT2D eigenvalue weighted by Crippen LogP contribution is -1.95. The summed E-state index contributed by atoms with van der Waals surface area (Å²) in [5, 5.41) is 0.586. The van der Waals surface area contributed by atoms with Gasteiger partial charge in [-0.05, 0) is 28.1 Å². The molecule has 0 bridgehead atoms. The third kappa shape index (κ3) is 2.07. The van der Waals surface area contributed by atoms with Crippen LogP contribution in [0.1, 0.15) is 5.69 Å². The highest BCUT2D eigenvalue weighted by atomic mass is 79.9. The molecule has 3 nitrogen and oxygen atoms in total.